The number of aliphatic carboxylic acids is 1. The number of nitrogens with zero attached hydrogens (tertiary/aromatic N) is 5. The Hall–Kier alpha value is -3.52. The summed E-state index contributed by atoms with van der Waals surface area (Å²) in [5, 5.41) is 9.71. The van der Waals surface area contributed by atoms with Gasteiger partial charge in [-0.1, -0.05) is 0 Å². The van der Waals surface area contributed by atoms with Gasteiger partial charge in [0.15, 0.2) is 5.65 Å². The van der Waals surface area contributed by atoms with Gasteiger partial charge in [-0.2, -0.15) is 4.31 Å². The monoisotopic (exact) mass is 483 g/mol. The number of alkyl halides is 3. The Morgan fingerprint density at radius 3 is 2.42 bits per heavy atom. The van der Waals surface area contributed by atoms with Gasteiger partial charge in [-0.05, 0) is 36.4 Å². The van der Waals surface area contributed by atoms with Gasteiger partial charge in [0.25, 0.3) is 0 Å². The lowest BCUT2D eigenvalue weighted by Crippen LogP contribution is -2.58. The van der Waals surface area contributed by atoms with Gasteiger partial charge in [0.2, 0.25) is 10.0 Å². The van der Waals surface area contributed by atoms with E-state index in [9.17, 15) is 31.5 Å². The van der Waals surface area contributed by atoms with E-state index in [1.54, 1.807) is 17.0 Å². The lowest BCUT2D eigenvalue weighted by molar-refractivity contribution is -0.274. The van der Waals surface area contributed by atoms with E-state index < -0.39 is 34.1 Å². The van der Waals surface area contributed by atoms with Crippen LogP contribution < -0.4 is 9.64 Å². The van der Waals surface area contributed by atoms with E-state index in [-0.39, 0.29) is 24.5 Å². The first kappa shape index (κ1) is 22.7. The van der Waals surface area contributed by atoms with Gasteiger partial charge in [-0.3, -0.25) is 9.78 Å². The van der Waals surface area contributed by atoms with Crippen molar-refractivity contribution < 1.29 is 36.2 Å². The van der Waals surface area contributed by atoms with Gasteiger partial charge < -0.3 is 14.7 Å². The molecule has 0 unspecified atom stereocenters. The predicted molar refractivity (Wildman–Crippen MR) is 108 cm³/mol. The molecule has 4 rings (SSSR count). The van der Waals surface area contributed by atoms with Crippen LogP contribution in [0.2, 0.25) is 0 Å². The summed E-state index contributed by atoms with van der Waals surface area (Å²) in [5.41, 5.74) is 0.910. The Morgan fingerprint density at radius 1 is 1.06 bits per heavy atom. The van der Waals surface area contributed by atoms with Gasteiger partial charge in [0, 0.05) is 32.0 Å². The minimum Gasteiger partial charge on any atom is -0.480 e. The minimum absolute atomic E-state index is 0.136. The van der Waals surface area contributed by atoms with Crippen LogP contribution in [0.25, 0.3) is 11.2 Å². The number of fused-ring (bicyclic) bond motifs is 1. The Kier molecular flexibility index (Phi) is 5.80. The molecule has 0 amide bonds. The molecule has 1 aliphatic rings. The molecule has 0 spiro atoms. The molecule has 1 saturated heterocycles. The molecule has 10 nitrogen and oxygen atoms in total. The topological polar surface area (TPSA) is 126 Å². The summed E-state index contributed by atoms with van der Waals surface area (Å²) in [6.45, 7) is -0.236. The number of halogens is 3. The number of ether oxygens (including phenoxy) is 1. The Balaban J connectivity index is 1.57. The van der Waals surface area contributed by atoms with Gasteiger partial charge in [0.1, 0.15) is 23.1 Å². The zero-order valence-corrected chi connectivity index (χ0v) is 17.5. The molecule has 14 heteroatoms. The fraction of sp³-hybridized carbons (Fsp3) is 0.263. The summed E-state index contributed by atoms with van der Waals surface area (Å²) in [6.07, 6.45) is -1.95. The fourth-order valence-corrected chi connectivity index (χ4v) is 5.00. The minimum atomic E-state index is -4.92. The third kappa shape index (κ3) is 4.80. The highest BCUT2D eigenvalue weighted by Crippen LogP contribution is 2.28. The smallest absolute Gasteiger partial charge is 0.480 e. The maximum absolute atomic E-state index is 13.1. The summed E-state index contributed by atoms with van der Waals surface area (Å²) >= 11 is 0. The van der Waals surface area contributed by atoms with Crippen LogP contribution in [0.15, 0.2) is 53.7 Å². The second kappa shape index (κ2) is 8.44. The summed E-state index contributed by atoms with van der Waals surface area (Å²) < 4.78 is 67.7. The number of rotatable bonds is 5. The standard InChI is InChI=1S/C19H16F3N5O5S/c20-19(21,22)32-12-1-3-13(4-2-12)33(30,31)27-10-9-26(11-15(27)18(28)29)16-6-5-14-17(25-16)24-8-7-23-14/h1-8,15H,9-11H2,(H,28,29)/t15-/m1/s1. The van der Waals surface area contributed by atoms with E-state index in [4.69, 9.17) is 0 Å². The molecule has 3 heterocycles. The maximum atomic E-state index is 13.1. The second-order valence-electron chi connectivity index (χ2n) is 7.00. The first-order valence-corrected chi connectivity index (χ1v) is 10.9. The molecule has 0 radical (unpaired) electrons. The summed E-state index contributed by atoms with van der Waals surface area (Å²) in [5.74, 6) is -1.55. The first-order chi connectivity index (χ1) is 15.5. The van der Waals surface area contributed by atoms with Crippen molar-refractivity contribution in [2.75, 3.05) is 24.5 Å². The first-order valence-electron chi connectivity index (χ1n) is 9.48. The molecule has 2 aromatic heterocycles. The van der Waals surface area contributed by atoms with Crippen molar-refractivity contribution in [2.45, 2.75) is 17.3 Å². The number of sulfonamides is 1. The van der Waals surface area contributed by atoms with Crippen LogP contribution in [0, 0.1) is 0 Å². The molecule has 0 bridgehead atoms. The van der Waals surface area contributed by atoms with Crippen LogP contribution >= 0.6 is 0 Å². The van der Waals surface area contributed by atoms with Crippen molar-refractivity contribution in [2.24, 2.45) is 0 Å². The van der Waals surface area contributed by atoms with Gasteiger partial charge in [-0.15, -0.1) is 13.2 Å². The highest BCUT2D eigenvalue weighted by Gasteiger charge is 2.41. The lowest BCUT2D eigenvalue weighted by Gasteiger charge is -2.38. The molecule has 174 valence electrons. The third-order valence-electron chi connectivity index (χ3n) is 4.92. The van der Waals surface area contributed by atoms with E-state index in [0.29, 0.717) is 17.0 Å². The van der Waals surface area contributed by atoms with Gasteiger partial charge in [0.05, 0.1) is 4.90 Å². The molecule has 1 N–H and O–H groups in total. The molecule has 1 aliphatic heterocycles. The molecule has 1 atom stereocenters. The summed E-state index contributed by atoms with van der Waals surface area (Å²) in [4.78, 5) is 25.8. The number of carboxylic acids is 1. The fourth-order valence-electron chi connectivity index (χ4n) is 3.43. The number of hydrogen-bond donors (Lipinski definition) is 1. The molecule has 0 saturated carbocycles. The van der Waals surface area contributed by atoms with Crippen molar-refractivity contribution >= 4 is 33.0 Å². The highest BCUT2D eigenvalue weighted by atomic mass is 32.2. The molecule has 0 aliphatic carbocycles. The molecule has 1 fully saturated rings. The van der Waals surface area contributed by atoms with Crippen LogP contribution in [0.5, 0.6) is 5.75 Å². The average Bonchev–Trinajstić information content (AvgIpc) is 2.77. The van der Waals surface area contributed by atoms with E-state index >= 15 is 0 Å². The van der Waals surface area contributed by atoms with Gasteiger partial charge >= 0.3 is 12.3 Å². The van der Waals surface area contributed by atoms with E-state index in [1.165, 1.54) is 12.4 Å². The van der Waals surface area contributed by atoms with Crippen molar-refractivity contribution in [1.29, 1.82) is 0 Å². The summed E-state index contributed by atoms with van der Waals surface area (Å²) in [6, 6.07) is 5.44. The average molecular weight is 483 g/mol. The maximum Gasteiger partial charge on any atom is 0.573 e. The largest absolute Gasteiger partial charge is 0.573 e. The molecular formula is C19H16F3N5O5S. The quantitative estimate of drug-likeness (QED) is 0.579. The van der Waals surface area contributed by atoms with Crippen LogP contribution in [-0.2, 0) is 14.8 Å². The van der Waals surface area contributed by atoms with E-state index in [1.807, 2.05) is 0 Å². The van der Waals surface area contributed by atoms with Crippen molar-refractivity contribution in [1.82, 2.24) is 19.3 Å². The van der Waals surface area contributed by atoms with Crippen LogP contribution in [0.3, 0.4) is 0 Å². The lowest BCUT2D eigenvalue weighted by atomic mass is 10.2. The number of pyridine rings is 1. The van der Waals surface area contributed by atoms with Crippen LogP contribution in [0.1, 0.15) is 0 Å². The molecule has 3 aromatic rings. The number of aromatic nitrogens is 3. The van der Waals surface area contributed by atoms with Crippen molar-refractivity contribution in [3.63, 3.8) is 0 Å². The van der Waals surface area contributed by atoms with Crippen LogP contribution in [-0.4, -0.2) is 70.8 Å². The van der Waals surface area contributed by atoms with Crippen molar-refractivity contribution in [3.8, 4) is 5.75 Å². The number of carboxylic acid groups (broad SMARTS) is 1. The third-order valence-corrected chi connectivity index (χ3v) is 6.84. The second-order valence-corrected chi connectivity index (χ2v) is 8.89. The number of hydrogen-bond acceptors (Lipinski definition) is 8. The Labute approximate surface area is 185 Å². The summed E-state index contributed by atoms with van der Waals surface area (Å²) in [7, 11) is -4.31. The molecule has 1 aromatic carbocycles. The zero-order valence-electron chi connectivity index (χ0n) is 16.7. The SMILES string of the molecule is O=C(O)[C@H]1CN(c2ccc3nccnc3n2)CCN1S(=O)(=O)c1ccc(OC(F)(F)F)cc1. The van der Waals surface area contributed by atoms with Crippen molar-refractivity contribution in [3.05, 3.63) is 48.8 Å². The van der Waals surface area contributed by atoms with Crippen LogP contribution in [0.4, 0.5) is 19.0 Å². The zero-order chi connectivity index (χ0) is 23.8. The number of piperazine rings is 1. The van der Waals surface area contributed by atoms with E-state index in [2.05, 4.69) is 19.7 Å². The Bertz CT molecular complexity index is 1290. The number of anilines is 1. The Morgan fingerprint density at radius 2 is 1.76 bits per heavy atom. The number of benzene rings is 1. The number of carbonyl (C=O) groups is 1. The van der Waals surface area contributed by atoms with E-state index in [0.717, 1.165) is 28.6 Å². The molecular weight excluding hydrogens is 467 g/mol. The predicted octanol–water partition coefficient (Wildman–Crippen LogP) is 1.89. The highest BCUT2D eigenvalue weighted by molar-refractivity contribution is 7.89. The normalized spacial score (nSPS) is 17.8. The molecule has 33 heavy (non-hydrogen) atoms. The van der Waals surface area contributed by atoms with Gasteiger partial charge in [-0.25, -0.2) is 18.4 Å².